The van der Waals surface area contributed by atoms with Crippen LogP contribution in [0, 0.1) is 13.8 Å². The summed E-state index contributed by atoms with van der Waals surface area (Å²) < 4.78 is 0. The standard InChI is InChI=1S/C29H32N4O2/c1-5-22-18(3)26(28(34)30-20-13-9-7-10-14-20)32-24(22)17-25-23(6-2)19(4)27(33-25)29(35)31-21-15-11-8-12-16-21/h7-16,32-33H,5-6,17H2,1-4H3,(H,30,34)(H,31,35). The van der Waals surface area contributed by atoms with Gasteiger partial charge in [-0.05, 0) is 73.2 Å². The van der Waals surface area contributed by atoms with E-state index in [0.717, 1.165) is 57.9 Å². The van der Waals surface area contributed by atoms with E-state index in [-0.39, 0.29) is 11.8 Å². The number of hydrogen-bond acceptors (Lipinski definition) is 2. The quantitative estimate of drug-likeness (QED) is 0.249. The number of aromatic nitrogens is 2. The van der Waals surface area contributed by atoms with Gasteiger partial charge < -0.3 is 20.6 Å². The molecular formula is C29H32N4O2. The Kier molecular flexibility index (Phi) is 7.20. The van der Waals surface area contributed by atoms with Crippen LogP contribution in [0.1, 0.15) is 68.5 Å². The zero-order valence-electron chi connectivity index (χ0n) is 20.7. The number of carbonyl (C=O) groups excluding carboxylic acids is 2. The normalized spacial score (nSPS) is 10.9. The topological polar surface area (TPSA) is 89.8 Å². The first-order valence-corrected chi connectivity index (χ1v) is 12.1. The fourth-order valence-corrected chi connectivity index (χ4v) is 4.71. The molecule has 2 amide bonds. The van der Waals surface area contributed by atoms with E-state index in [4.69, 9.17) is 0 Å². The van der Waals surface area contributed by atoms with Crippen LogP contribution in [0.3, 0.4) is 0 Å². The summed E-state index contributed by atoms with van der Waals surface area (Å²) in [6, 6.07) is 18.9. The maximum absolute atomic E-state index is 13.0. The number of carbonyl (C=O) groups is 2. The molecule has 0 aliphatic rings. The largest absolute Gasteiger partial charge is 0.354 e. The average Bonchev–Trinajstić information content (AvgIpc) is 3.35. The van der Waals surface area contributed by atoms with Gasteiger partial charge in [0.25, 0.3) is 11.8 Å². The number of para-hydroxylation sites is 2. The van der Waals surface area contributed by atoms with E-state index >= 15 is 0 Å². The van der Waals surface area contributed by atoms with Crippen LogP contribution in [0.2, 0.25) is 0 Å². The van der Waals surface area contributed by atoms with E-state index in [9.17, 15) is 9.59 Å². The molecule has 0 aliphatic heterocycles. The fourth-order valence-electron chi connectivity index (χ4n) is 4.71. The summed E-state index contributed by atoms with van der Waals surface area (Å²) >= 11 is 0. The molecule has 0 bridgehead atoms. The number of benzene rings is 2. The van der Waals surface area contributed by atoms with Crippen LogP contribution in [0.5, 0.6) is 0 Å². The summed E-state index contributed by atoms with van der Waals surface area (Å²) in [4.78, 5) is 32.8. The van der Waals surface area contributed by atoms with Crippen molar-refractivity contribution < 1.29 is 9.59 Å². The highest BCUT2D eigenvalue weighted by molar-refractivity contribution is 6.05. The molecule has 0 atom stereocenters. The first kappa shape index (κ1) is 24.1. The molecule has 2 heterocycles. The molecular weight excluding hydrogens is 436 g/mol. The molecule has 2 aromatic heterocycles. The Hall–Kier alpha value is -4.06. The summed E-state index contributed by atoms with van der Waals surface area (Å²) in [6.07, 6.45) is 2.20. The Morgan fingerprint density at radius 2 is 1.03 bits per heavy atom. The Bertz CT molecular complexity index is 1230. The van der Waals surface area contributed by atoms with E-state index in [2.05, 4.69) is 34.4 Å². The minimum absolute atomic E-state index is 0.157. The van der Waals surface area contributed by atoms with E-state index in [1.54, 1.807) is 0 Å². The third-order valence-corrected chi connectivity index (χ3v) is 6.51. The molecule has 35 heavy (non-hydrogen) atoms. The van der Waals surface area contributed by atoms with Gasteiger partial charge in [0.1, 0.15) is 11.4 Å². The van der Waals surface area contributed by atoms with Crippen molar-refractivity contribution >= 4 is 23.2 Å². The van der Waals surface area contributed by atoms with E-state index in [1.807, 2.05) is 74.5 Å². The molecule has 180 valence electrons. The lowest BCUT2D eigenvalue weighted by Gasteiger charge is -2.05. The van der Waals surface area contributed by atoms with Gasteiger partial charge in [-0.15, -0.1) is 0 Å². The lowest BCUT2D eigenvalue weighted by molar-refractivity contribution is 0.101. The lowest BCUT2D eigenvalue weighted by Crippen LogP contribution is -2.14. The van der Waals surface area contributed by atoms with Crippen LogP contribution in [-0.4, -0.2) is 21.8 Å². The first-order chi connectivity index (χ1) is 16.9. The van der Waals surface area contributed by atoms with Crippen molar-refractivity contribution in [3.05, 3.63) is 106 Å². The molecule has 0 spiro atoms. The molecule has 2 aromatic carbocycles. The average molecular weight is 469 g/mol. The molecule has 0 saturated heterocycles. The van der Waals surface area contributed by atoms with Crippen LogP contribution in [-0.2, 0) is 19.3 Å². The highest BCUT2D eigenvalue weighted by Crippen LogP contribution is 2.27. The van der Waals surface area contributed by atoms with Crippen molar-refractivity contribution in [3.63, 3.8) is 0 Å². The minimum Gasteiger partial charge on any atom is -0.354 e. The Labute approximate surface area is 206 Å². The number of rotatable bonds is 8. The molecule has 0 fully saturated rings. The number of H-pyrrole nitrogens is 2. The number of anilines is 2. The van der Waals surface area contributed by atoms with Gasteiger partial charge >= 0.3 is 0 Å². The number of nitrogens with one attached hydrogen (secondary N) is 4. The van der Waals surface area contributed by atoms with Gasteiger partial charge in [-0.3, -0.25) is 9.59 Å². The first-order valence-electron chi connectivity index (χ1n) is 12.1. The van der Waals surface area contributed by atoms with E-state index in [1.165, 1.54) is 0 Å². The van der Waals surface area contributed by atoms with Gasteiger partial charge in [-0.2, -0.15) is 0 Å². The molecule has 0 unspecified atom stereocenters. The fraction of sp³-hybridized carbons (Fsp3) is 0.241. The predicted molar refractivity (Wildman–Crippen MR) is 141 cm³/mol. The second kappa shape index (κ2) is 10.5. The Morgan fingerprint density at radius 3 is 1.37 bits per heavy atom. The second-order valence-electron chi connectivity index (χ2n) is 8.69. The smallest absolute Gasteiger partial charge is 0.272 e. The molecule has 6 nitrogen and oxygen atoms in total. The van der Waals surface area contributed by atoms with E-state index < -0.39 is 0 Å². The second-order valence-corrected chi connectivity index (χ2v) is 8.69. The SMILES string of the molecule is CCc1c(Cc2[nH]c(C(=O)Nc3ccccc3)c(C)c2CC)[nH]c(C(=O)Nc2ccccc2)c1C. The van der Waals surface area contributed by atoms with Crippen molar-refractivity contribution in [2.75, 3.05) is 10.6 Å². The van der Waals surface area contributed by atoms with Crippen molar-refractivity contribution in [2.24, 2.45) is 0 Å². The predicted octanol–water partition coefficient (Wildman–Crippen LogP) is 6.18. The molecule has 6 heteroatoms. The van der Waals surface area contributed by atoms with Gasteiger partial charge in [-0.1, -0.05) is 50.2 Å². The van der Waals surface area contributed by atoms with Crippen molar-refractivity contribution in [2.45, 2.75) is 47.0 Å². The van der Waals surface area contributed by atoms with Crippen LogP contribution >= 0.6 is 0 Å². The number of amides is 2. The molecule has 4 rings (SSSR count). The number of aromatic amines is 2. The lowest BCUT2D eigenvalue weighted by atomic mass is 10.0. The highest BCUT2D eigenvalue weighted by Gasteiger charge is 2.23. The molecule has 4 N–H and O–H groups in total. The summed E-state index contributed by atoms with van der Waals surface area (Å²) in [5.74, 6) is -0.313. The third-order valence-electron chi connectivity index (χ3n) is 6.51. The van der Waals surface area contributed by atoms with Crippen LogP contribution < -0.4 is 10.6 Å². The third kappa shape index (κ3) is 5.06. The van der Waals surface area contributed by atoms with Crippen LogP contribution in [0.15, 0.2) is 60.7 Å². The van der Waals surface area contributed by atoms with Crippen LogP contribution in [0.25, 0.3) is 0 Å². The zero-order valence-corrected chi connectivity index (χ0v) is 20.7. The zero-order chi connectivity index (χ0) is 24.9. The van der Waals surface area contributed by atoms with Gasteiger partial charge in [-0.25, -0.2) is 0 Å². The summed E-state index contributed by atoms with van der Waals surface area (Å²) in [5, 5.41) is 5.94. The van der Waals surface area contributed by atoms with Crippen molar-refractivity contribution in [1.29, 1.82) is 0 Å². The van der Waals surface area contributed by atoms with Gasteiger partial charge in [0.15, 0.2) is 0 Å². The van der Waals surface area contributed by atoms with Crippen LogP contribution in [0.4, 0.5) is 11.4 Å². The summed E-state index contributed by atoms with van der Waals surface area (Å²) in [7, 11) is 0. The van der Waals surface area contributed by atoms with Crippen molar-refractivity contribution in [3.8, 4) is 0 Å². The summed E-state index contributed by atoms with van der Waals surface area (Å²) in [5.41, 5.74) is 8.83. The Morgan fingerprint density at radius 1 is 0.657 bits per heavy atom. The number of hydrogen-bond donors (Lipinski definition) is 4. The Balaban J connectivity index is 1.62. The maximum Gasteiger partial charge on any atom is 0.272 e. The minimum atomic E-state index is -0.157. The molecule has 0 aliphatic carbocycles. The highest BCUT2D eigenvalue weighted by atomic mass is 16.2. The van der Waals surface area contributed by atoms with Gasteiger partial charge in [0, 0.05) is 29.2 Å². The van der Waals surface area contributed by atoms with Crippen molar-refractivity contribution in [1.82, 2.24) is 9.97 Å². The van der Waals surface area contributed by atoms with Gasteiger partial charge in [0.2, 0.25) is 0 Å². The van der Waals surface area contributed by atoms with Gasteiger partial charge in [0.05, 0.1) is 0 Å². The molecule has 0 radical (unpaired) electrons. The van der Waals surface area contributed by atoms with E-state index in [0.29, 0.717) is 17.8 Å². The molecule has 4 aromatic rings. The monoisotopic (exact) mass is 468 g/mol. The summed E-state index contributed by atoms with van der Waals surface area (Å²) in [6.45, 7) is 8.16. The maximum atomic E-state index is 13.0. The molecule has 0 saturated carbocycles.